The molecule has 0 radical (unpaired) electrons. The van der Waals surface area contributed by atoms with Crippen molar-refractivity contribution >= 4 is 23.8 Å². The van der Waals surface area contributed by atoms with Crippen LogP contribution in [0.25, 0.3) is 0 Å². The topological polar surface area (TPSA) is 58.6 Å². The number of hydrogen-bond donors (Lipinski definition) is 1. The van der Waals surface area contributed by atoms with Crippen molar-refractivity contribution in [2.45, 2.75) is 18.9 Å². The number of aldehydes is 1. The summed E-state index contributed by atoms with van der Waals surface area (Å²) < 4.78 is 19.9. The molecule has 2 aromatic carbocycles. The number of likely N-dealkylation sites (tertiary alicyclic amines) is 1. The van der Waals surface area contributed by atoms with Crippen LogP contribution in [-0.2, 0) is 4.79 Å². The second kappa shape index (κ2) is 9.66. The Hall–Kier alpha value is -2.44. The zero-order valence-electron chi connectivity index (χ0n) is 15.4. The van der Waals surface area contributed by atoms with E-state index >= 15 is 0 Å². The van der Waals surface area contributed by atoms with Crippen LogP contribution in [-0.4, -0.2) is 43.3 Å². The smallest absolute Gasteiger partial charge is 0.258 e. The zero-order valence-corrected chi connectivity index (χ0v) is 16.1. The number of nitrogens with one attached hydrogen (secondary N) is 1. The van der Waals surface area contributed by atoms with E-state index in [0.717, 1.165) is 25.9 Å². The van der Waals surface area contributed by atoms with Crippen molar-refractivity contribution in [2.75, 3.05) is 26.2 Å². The molecule has 3 rings (SSSR count). The number of ether oxygens (including phenoxy) is 1. The number of benzene rings is 2. The van der Waals surface area contributed by atoms with Gasteiger partial charge in [0.1, 0.15) is 11.6 Å². The van der Waals surface area contributed by atoms with Crippen LogP contribution in [0.15, 0.2) is 42.5 Å². The summed E-state index contributed by atoms with van der Waals surface area (Å²) in [5, 5.41) is 3.15. The van der Waals surface area contributed by atoms with E-state index < -0.39 is 0 Å². The molecule has 0 aromatic heterocycles. The minimum atomic E-state index is -0.380. The van der Waals surface area contributed by atoms with E-state index in [-0.39, 0.29) is 30.9 Å². The van der Waals surface area contributed by atoms with E-state index in [4.69, 9.17) is 16.3 Å². The second-order valence-corrected chi connectivity index (χ2v) is 7.05. The number of carbonyl (C=O) groups excluding carboxylic acids is 2. The SMILES string of the molecule is O=Cc1ccccc1OCC(=O)NCC(c1c(F)cccc1Cl)N1CCCC1. The highest BCUT2D eigenvalue weighted by Gasteiger charge is 2.28. The average Bonchev–Trinajstić information content (AvgIpc) is 3.23. The van der Waals surface area contributed by atoms with Gasteiger partial charge in [0, 0.05) is 17.1 Å². The number of carbonyl (C=O) groups is 2. The van der Waals surface area contributed by atoms with Crippen LogP contribution in [0.4, 0.5) is 4.39 Å². The third-order valence-electron chi connectivity index (χ3n) is 4.81. The maximum absolute atomic E-state index is 14.4. The first kappa shape index (κ1) is 20.3. The van der Waals surface area contributed by atoms with Gasteiger partial charge in [0.2, 0.25) is 0 Å². The van der Waals surface area contributed by atoms with Crippen molar-refractivity contribution in [2.24, 2.45) is 0 Å². The lowest BCUT2D eigenvalue weighted by atomic mass is 10.0. The number of amides is 1. The van der Waals surface area contributed by atoms with Crippen molar-refractivity contribution in [1.29, 1.82) is 0 Å². The Kier molecular flexibility index (Phi) is 7.01. The van der Waals surface area contributed by atoms with Gasteiger partial charge in [-0.25, -0.2) is 4.39 Å². The van der Waals surface area contributed by atoms with Gasteiger partial charge in [-0.05, 0) is 50.2 Å². The lowest BCUT2D eigenvalue weighted by molar-refractivity contribution is -0.123. The van der Waals surface area contributed by atoms with Crippen LogP contribution in [0.5, 0.6) is 5.75 Å². The maximum atomic E-state index is 14.4. The predicted octanol–water partition coefficient (Wildman–Crippen LogP) is 3.62. The number of nitrogens with zero attached hydrogens (tertiary/aromatic N) is 1. The van der Waals surface area contributed by atoms with Crippen LogP contribution >= 0.6 is 11.6 Å². The van der Waals surface area contributed by atoms with Gasteiger partial charge in [0.05, 0.1) is 11.6 Å². The highest BCUT2D eigenvalue weighted by atomic mass is 35.5. The molecule has 7 heteroatoms. The fourth-order valence-corrected chi connectivity index (χ4v) is 3.70. The van der Waals surface area contributed by atoms with Gasteiger partial charge in [0.25, 0.3) is 5.91 Å². The molecule has 1 heterocycles. The van der Waals surface area contributed by atoms with Gasteiger partial charge in [-0.3, -0.25) is 14.5 Å². The van der Waals surface area contributed by atoms with E-state index in [2.05, 4.69) is 10.2 Å². The summed E-state index contributed by atoms with van der Waals surface area (Å²) >= 11 is 6.26. The molecule has 1 aliphatic heterocycles. The van der Waals surface area contributed by atoms with Gasteiger partial charge in [-0.2, -0.15) is 0 Å². The van der Waals surface area contributed by atoms with Gasteiger partial charge in [-0.15, -0.1) is 0 Å². The van der Waals surface area contributed by atoms with Crippen molar-refractivity contribution in [3.8, 4) is 5.75 Å². The Balaban J connectivity index is 1.65. The van der Waals surface area contributed by atoms with E-state index in [0.29, 0.717) is 28.2 Å². The molecular weight excluding hydrogens is 383 g/mol. The molecule has 28 heavy (non-hydrogen) atoms. The quantitative estimate of drug-likeness (QED) is 0.683. The normalized spacial score (nSPS) is 15.2. The number of para-hydroxylation sites is 1. The van der Waals surface area contributed by atoms with Crippen LogP contribution in [0, 0.1) is 5.82 Å². The van der Waals surface area contributed by atoms with Gasteiger partial charge in [-0.1, -0.05) is 29.8 Å². The number of rotatable bonds is 8. The lowest BCUT2D eigenvalue weighted by Crippen LogP contribution is -2.39. The molecule has 1 N–H and O–H groups in total. The predicted molar refractivity (Wildman–Crippen MR) is 105 cm³/mol. The van der Waals surface area contributed by atoms with Crippen LogP contribution in [0.3, 0.4) is 0 Å². The Labute approximate surface area is 168 Å². The Bertz CT molecular complexity index is 820. The summed E-state index contributed by atoms with van der Waals surface area (Å²) in [5.74, 6) is -0.381. The first-order valence-electron chi connectivity index (χ1n) is 9.22. The largest absolute Gasteiger partial charge is 0.483 e. The van der Waals surface area contributed by atoms with Crippen molar-refractivity contribution in [1.82, 2.24) is 10.2 Å². The van der Waals surface area contributed by atoms with Crippen LogP contribution in [0.1, 0.15) is 34.8 Å². The van der Waals surface area contributed by atoms with E-state index in [9.17, 15) is 14.0 Å². The molecule has 0 spiro atoms. The summed E-state index contributed by atoms with van der Waals surface area (Å²) in [6.45, 7) is 1.64. The molecule has 1 saturated heterocycles. The van der Waals surface area contributed by atoms with E-state index in [1.165, 1.54) is 6.07 Å². The molecule has 0 bridgehead atoms. The molecule has 1 fully saturated rings. The summed E-state index contributed by atoms with van der Waals surface area (Å²) in [6, 6.07) is 10.9. The third-order valence-corrected chi connectivity index (χ3v) is 5.14. The number of halogens is 2. The molecule has 1 unspecified atom stereocenters. The molecule has 2 aromatic rings. The molecule has 0 saturated carbocycles. The van der Waals surface area contributed by atoms with E-state index in [1.807, 2.05) is 0 Å². The first-order chi connectivity index (χ1) is 13.6. The third kappa shape index (κ3) is 4.88. The molecule has 148 valence electrons. The number of hydrogen-bond acceptors (Lipinski definition) is 4. The summed E-state index contributed by atoms with van der Waals surface area (Å²) in [6.07, 6.45) is 2.74. The van der Waals surface area contributed by atoms with Crippen LogP contribution < -0.4 is 10.1 Å². The highest BCUT2D eigenvalue weighted by molar-refractivity contribution is 6.31. The highest BCUT2D eigenvalue weighted by Crippen LogP contribution is 2.31. The lowest BCUT2D eigenvalue weighted by Gasteiger charge is -2.29. The summed E-state index contributed by atoms with van der Waals surface area (Å²) in [4.78, 5) is 25.4. The fourth-order valence-electron chi connectivity index (χ4n) is 3.41. The van der Waals surface area contributed by atoms with Gasteiger partial charge < -0.3 is 10.1 Å². The van der Waals surface area contributed by atoms with Crippen molar-refractivity contribution in [3.63, 3.8) is 0 Å². The minimum Gasteiger partial charge on any atom is -0.483 e. The zero-order chi connectivity index (χ0) is 19.9. The van der Waals surface area contributed by atoms with E-state index in [1.54, 1.807) is 36.4 Å². The monoisotopic (exact) mass is 404 g/mol. The fraction of sp³-hybridized carbons (Fsp3) is 0.333. The van der Waals surface area contributed by atoms with Gasteiger partial charge >= 0.3 is 0 Å². The van der Waals surface area contributed by atoms with Gasteiger partial charge in [0.15, 0.2) is 12.9 Å². The van der Waals surface area contributed by atoms with Crippen LogP contribution in [0.2, 0.25) is 5.02 Å². The average molecular weight is 405 g/mol. The molecule has 5 nitrogen and oxygen atoms in total. The molecular formula is C21H22ClFN2O3. The second-order valence-electron chi connectivity index (χ2n) is 6.64. The molecule has 1 aliphatic rings. The van der Waals surface area contributed by atoms with Crippen molar-refractivity contribution < 1.29 is 18.7 Å². The Morgan fingerprint density at radius 1 is 1.21 bits per heavy atom. The minimum absolute atomic E-state index is 0.220. The Morgan fingerprint density at radius 2 is 1.96 bits per heavy atom. The summed E-state index contributed by atoms with van der Waals surface area (Å²) in [7, 11) is 0. The molecule has 1 amide bonds. The standard InChI is InChI=1S/C21H22ClFN2O3/c22-16-7-5-8-17(23)21(16)18(25-10-3-4-11-25)12-24-20(27)14-28-19-9-2-1-6-15(19)13-26/h1-2,5-9,13,18H,3-4,10-12,14H2,(H,24,27). The maximum Gasteiger partial charge on any atom is 0.258 e. The summed E-state index contributed by atoms with van der Waals surface area (Å²) in [5.41, 5.74) is 0.780. The molecule has 1 atom stereocenters. The first-order valence-corrected chi connectivity index (χ1v) is 9.59. The van der Waals surface area contributed by atoms with Crippen molar-refractivity contribution in [3.05, 3.63) is 64.4 Å². The Morgan fingerprint density at radius 3 is 2.68 bits per heavy atom. The molecule has 0 aliphatic carbocycles.